The molecule has 0 bridgehead atoms. The number of hydrogen-bond acceptors (Lipinski definition) is 3. The summed E-state index contributed by atoms with van der Waals surface area (Å²) in [4.78, 5) is 0. The van der Waals surface area contributed by atoms with Gasteiger partial charge in [-0.3, -0.25) is 0 Å². The Kier molecular flexibility index (Phi) is 5.63. The van der Waals surface area contributed by atoms with Gasteiger partial charge >= 0.3 is 0 Å². The molecule has 2 aromatic heterocycles. The highest BCUT2D eigenvalue weighted by Crippen LogP contribution is 2.53. The molecule has 8 aromatic rings. The number of rotatable bonds is 3. The zero-order chi connectivity index (χ0) is 32.0. The molecule has 0 fully saturated rings. The van der Waals surface area contributed by atoms with Crippen LogP contribution in [0.3, 0.4) is 0 Å². The maximum absolute atomic E-state index is 10.4. The van der Waals surface area contributed by atoms with Crippen LogP contribution < -0.4 is 4.74 Å². The first-order chi connectivity index (χ1) is 23.6. The monoisotopic (exact) mass is 618 g/mol. The predicted octanol–water partition coefficient (Wildman–Crippen LogP) is 11.0. The average Bonchev–Trinajstić information content (AvgIpc) is 3.76. The lowest BCUT2D eigenvalue weighted by atomic mass is 9.68. The van der Waals surface area contributed by atoms with Crippen LogP contribution in [0.4, 0.5) is 0 Å². The van der Waals surface area contributed by atoms with Crippen molar-refractivity contribution in [3.05, 3.63) is 156 Å². The van der Waals surface area contributed by atoms with Gasteiger partial charge in [-0.25, -0.2) is 0 Å². The van der Waals surface area contributed by atoms with E-state index in [0.717, 1.165) is 62.0 Å². The number of furan rings is 1. The average molecular weight is 619 g/mol. The Morgan fingerprint density at radius 3 is 2.21 bits per heavy atom. The first kappa shape index (κ1) is 27.1. The molecule has 0 saturated carbocycles. The van der Waals surface area contributed by atoms with E-state index >= 15 is 0 Å². The topological polar surface area (TPSA) is 51.1 Å². The van der Waals surface area contributed by atoms with Gasteiger partial charge in [-0.2, -0.15) is 5.26 Å². The number of hydrogen-bond donors (Lipinski definition) is 0. The van der Waals surface area contributed by atoms with Crippen LogP contribution in [0.2, 0.25) is 0 Å². The number of benzene rings is 6. The predicted molar refractivity (Wildman–Crippen MR) is 193 cm³/mol. The Morgan fingerprint density at radius 2 is 1.44 bits per heavy atom. The summed E-state index contributed by atoms with van der Waals surface area (Å²) in [5.41, 5.74) is 9.72. The zero-order valence-electron chi connectivity index (χ0n) is 26.4. The number of ether oxygens (including phenoxy) is 1. The molecule has 0 radical (unpaired) electrons. The fourth-order valence-corrected chi connectivity index (χ4v) is 8.40. The van der Waals surface area contributed by atoms with Crippen LogP contribution in [-0.2, 0) is 5.41 Å². The second-order valence-electron chi connectivity index (χ2n) is 13.4. The number of aromatic nitrogens is 1. The van der Waals surface area contributed by atoms with E-state index in [0.29, 0.717) is 11.5 Å². The molecule has 4 heteroatoms. The van der Waals surface area contributed by atoms with Crippen molar-refractivity contribution in [2.45, 2.75) is 30.8 Å². The molecule has 0 amide bonds. The molecule has 0 spiro atoms. The lowest BCUT2D eigenvalue weighted by molar-refractivity contribution is 0.182. The van der Waals surface area contributed by atoms with Gasteiger partial charge in [0.15, 0.2) is 0 Å². The second kappa shape index (κ2) is 9.97. The summed E-state index contributed by atoms with van der Waals surface area (Å²) in [7, 11) is 0. The van der Waals surface area contributed by atoms with E-state index in [-0.39, 0.29) is 11.5 Å². The van der Waals surface area contributed by atoms with Crippen LogP contribution in [-0.4, -0.2) is 10.7 Å². The third-order valence-corrected chi connectivity index (χ3v) is 10.7. The van der Waals surface area contributed by atoms with Crippen molar-refractivity contribution in [2.24, 2.45) is 0 Å². The smallest absolute Gasteiger partial charge is 0.139 e. The molecule has 228 valence electrons. The molecule has 3 unspecified atom stereocenters. The zero-order valence-corrected chi connectivity index (χ0v) is 26.4. The third kappa shape index (κ3) is 3.76. The summed E-state index contributed by atoms with van der Waals surface area (Å²) in [6, 6.07) is 46.9. The Morgan fingerprint density at radius 1 is 0.708 bits per heavy atom. The fourth-order valence-electron chi connectivity index (χ4n) is 8.40. The minimum absolute atomic E-state index is 0.0166. The molecule has 3 heterocycles. The summed E-state index contributed by atoms with van der Waals surface area (Å²) in [5.74, 6) is 1.23. The molecule has 0 N–H and O–H groups in total. The Balaban J connectivity index is 1.16. The highest BCUT2D eigenvalue weighted by atomic mass is 16.5. The summed E-state index contributed by atoms with van der Waals surface area (Å²) in [6.45, 7) is 2.34. The normalized spacial score (nSPS) is 19.8. The molecule has 6 aromatic carbocycles. The molecular weight excluding hydrogens is 588 g/mol. The Bertz CT molecular complexity index is 2620. The van der Waals surface area contributed by atoms with E-state index < -0.39 is 0 Å². The summed E-state index contributed by atoms with van der Waals surface area (Å²) in [5, 5.41) is 14.9. The molecule has 2 aliphatic rings. The van der Waals surface area contributed by atoms with E-state index in [1.807, 2.05) is 18.2 Å². The van der Waals surface area contributed by atoms with Gasteiger partial charge in [-0.1, -0.05) is 91.9 Å². The van der Waals surface area contributed by atoms with E-state index in [1.54, 1.807) is 0 Å². The highest BCUT2D eigenvalue weighted by molar-refractivity contribution is 6.11. The van der Waals surface area contributed by atoms with Crippen molar-refractivity contribution >= 4 is 43.7 Å². The van der Waals surface area contributed by atoms with E-state index in [9.17, 15) is 5.26 Å². The van der Waals surface area contributed by atoms with Crippen LogP contribution in [0.1, 0.15) is 36.0 Å². The van der Waals surface area contributed by atoms with Gasteiger partial charge in [-0.15, -0.1) is 0 Å². The third-order valence-electron chi connectivity index (χ3n) is 10.7. The van der Waals surface area contributed by atoms with Gasteiger partial charge in [0.1, 0.15) is 23.0 Å². The van der Waals surface area contributed by atoms with Crippen molar-refractivity contribution in [1.82, 2.24) is 4.57 Å². The van der Waals surface area contributed by atoms with E-state index in [4.69, 9.17) is 9.15 Å². The molecule has 1 aliphatic carbocycles. The maximum Gasteiger partial charge on any atom is 0.139 e. The summed E-state index contributed by atoms with van der Waals surface area (Å²) >= 11 is 0. The Hall–Kier alpha value is -6.05. The lowest BCUT2D eigenvalue weighted by Crippen LogP contribution is -2.37. The first-order valence-corrected chi connectivity index (χ1v) is 16.5. The number of para-hydroxylation sites is 2. The van der Waals surface area contributed by atoms with Crippen LogP contribution in [0.25, 0.3) is 60.6 Å². The van der Waals surface area contributed by atoms with Crippen molar-refractivity contribution < 1.29 is 9.15 Å². The minimum Gasteiger partial charge on any atom is -0.485 e. The van der Waals surface area contributed by atoms with E-state index in [2.05, 4.69) is 139 Å². The molecule has 48 heavy (non-hydrogen) atoms. The first-order valence-electron chi connectivity index (χ1n) is 16.5. The fraction of sp³-hybridized carbons (Fsp3) is 0.114. The van der Waals surface area contributed by atoms with Crippen molar-refractivity contribution in [3.8, 4) is 28.6 Å². The molecule has 1 aliphatic heterocycles. The molecule has 0 saturated heterocycles. The molecular formula is C44H30N2O2. The number of allylic oxidation sites excluding steroid dienone is 1. The number of nitrogens with zero attached hydrogens (tertiary/aromatic N) is 2. The van der Waals surface area contributed by atoms with Gasteiger partial charge < -0.3 is 13.7 Å². The quantitative estimate of drug-likeness (QED) is 0.185. The van der Waals surface area contributed by atoms with Gasteiger partial charge in [0, 0.05) is 50.1 Å². The Labute approximate surface area is 277 Å². The van der Waals surface area contributed by atoms with Crippen molar-refractivity contribution in [1.29, 1.82) is 5.26 Å². The molecule has 4 nitrogen and oxygen atoms in total. The number of fused-ring (bicyclic) bond motifs is 9. The van der Waals surface area contributed by atoms with E-state index in [1.165, 1.54) is 21.9 Å². The maximum atomic E-state index is 10.4. The van der Waals surface area contributed by atoms with Crippen LogP contribution in [0, 0.1) is 11.3 Å². The van der Waals surface area contributed by atoms with Crippen LogP contribution in [0.15, 0.2) is 144 Å². The van der Waals surface area contributed by atoms with Crippen molar-refractivity contribution in [3.63, 3.8) is 0 Å². The largest absolute Gasteiger partial charge is 0.485 e. The van der Waals surface area contributed by atoms with Gasteiger partial charge in [0.05, 0.1) is 28.4 Å². The standard InChI is InChI=1S/C44H30N2O2/c1-44-25-29(27-10-3-2-4-11-27)19-21-42(44)48-41-24-40-34(23-35(41)44)33-22-28(18-20-39(33)47-40)43-30(26-45)12-9-17-38(43)46-36-15-7-5-13-31(36)32-14-6-8-16-37(32)46/h2-24,29,42H,25H2,1H3. The second-order valence-corrected chi connectivity index (χ2v) is 13.4. The van der Waals surface area contributed by atoms with Gasteiger partial charge in [0.2, 0.25) is 0 Å². The number of nitriles is 1. The highest BCUT2D eigenvalue weighted by Gasteiger charge is 2.47. The molecule has 10 rings (SSSR count). The van der Waals surface area contributed by atoms with Gasteiger partial charge in [0.25, 0.3) is 0 Å². The molecule has 3 atom stereocenters. The summed E-state index contributed by atoms with van der Waals surface area (Å²) in [6.07, 6.45) is 5.50. The van der Waals surface area contributed by atoms with Crippen LogP contribution >= 0.6 is 0 Å². The lowest BCUT2D eigenvalue weighted by Gasteiger charge is -2.35. The van der Waals surface area contributed by atoms with Crippen LogP contribution in [0.5, 0.6) is 5.75 Å². The minimum atomic E-state index is -0.170. The van der Waals surface area contributed by atoms with Crippen molar-refractivity contribution in [2.75, 3.05) is 0 Å². The SMILES string of the molecule is CC12CC(c3ccccc3)C=CC1Oc1cc3oc4ccc(-c5c(C#N)cccc5-n5c6ccccc6c6ccccc65)cc4c3cc12. The summed E-state index contributed by atoms with van der Waals surface area (Å²) < 4.78 is 15.3. The van der Waals surface area contributed by atoms with Gasteiger partial charge in [-0.05, 0) is 66.1 Å².